The predicted octanol–water partition coefficient (Wildman–Crippen LogP) is 3.93. The summed E-state index contributed by atoms with van der Waals surface area (Å²) in [4.78, 5) is 0. The third-order valence-corrected chi connectivity index (χ3v) is 4.51. The second kappa shape index (κ2) is 7.42. The molecule has 1 aliphatic rings. The van der Waals surface area contributed by atoms with Crippen LogP contribution in [-0.4, -0.2) is 25.8 Å². The number of likely N-dealkylation sites (N-methyl/N-ethyl adjacent to an activating group) is 1. The van der Waals surface area contributed by atoms with E-state index in [1.807, 2.05) is 0 Å². The van der Waals surface area contributed by atoms with Gasteiger partial charge in [0.1, 0.15) is 0 Å². The molecule has 1 fully saturated rings. The standard InChI is InChI=1S/C19H31NO/c1-5-20-18(16-7-6-12-21-14-16)13-15-8-10-17(11-9-15)19(2,3)4/h8-11,16,18,20H,5-7,12-14H2,1-4H3. The van der Waals surface area contributed by atoms with Crippen LogP contribution in [0.2, 0.25) is 0 Å². The van der Waals surface area contributed by atoms with E-state index < -0.39 is 0 Å². The van der Waals surface area contributed by atoms with Crippen LogP contribution in [0.4, 0.5) is 0 Å². The van der Waals surface area contributed by atoms with Gasteiger partial charge in [0, 0.05) is 12.6 Å². The highest BCUT2D eigenvalue weighted by molar-refractivity contribution is 5.28. The summed E-state index contributed by atoms with van der Waals surface area (Å²) in [5.74, 6) is 0.654. The largest absolute Gasteiger partial charge is 0.381 e. The molecule has 21 heavy (non-hydrogen) atoms. The Balaban J connectivity index is 2.02. The lowest BCUT2D eigenvalue weighted by molar-refractivity contribution is 0.0396. The summed E-state index contributed by atoms with van der Waals surface area (Å²) in [6.07, 6.45) is 3.60. The summed E-state index contributed by atoms with van der Waals surface area (Å²) in [7, 11) is 0. The van der Waals surface area contributed by atoms with Crippen molar-refractivity contribution in [2.45, 2.75) is 58.4 Å². The average molecular weight is 289 g/mol. The molecule has 0 amide bonds. The van der Waals surface area contributed by atoms with Crippen molar-refractivity contribution in [3.63, 3.8) is 0 Å². The van der Waals surface area contributed by atoms with Gasteiger partial charge in [0.05, 0.1) is 6.61 Å². The molecule has 0 radical (unpaired) electrons. The van der Waals surface area contributed by atoms with Crippen LogP contribution in [0.3, 0.4) is 0 Å². The van der Waals surface area contributed by atoms with E-state index in [1.165, 1.54) is 24.0 Å². The van der Waals surface area contributed by atoms with Crippen LogP contribution in [0.15, 0.2) is 24.3 Å². The molecule has 1 saturated heterocycles. The van der Waals surface area contributed by atoms with Gasteiger partial charge in [-0.25, -0.2) is 0 Å². The zero-order valence-corrected chi connectivity index (χ0v) is 14.1. The normalized spacial score (nSPS) is 21.2. The van der Waals surface area contributed by atoms with Crippen LogP contribution in [-0.2, 0) is 16.6 Å². The SMILES string of the molecule is CCNC(Cc1ccc(C(C)(C)C)cc1)C1CCCOC1. The van der Waals surface area contributed by atoms with E-state index in [2.05, 4.69) is 57.3 Å². The maximum atomic E-state index is 5.67. The minimum absolute atomic E-state index is 0.233. The molecule has 1 aromatic carbocycles. The van der Waals surface area contributed by atoms with Gasteiger partial charge in [-0.15, -0.1) is 0 Å². The first-order valence-corrected chi connectivity index (χ1v) is 8.41. The summed E-state index contributed by atoms with van der Waals surface area (Å²) < 4.78 is 5.67. The number of benzene rings is 1. The van der Waals surface area contributed by atoms with Gasteiger partial charge in [-0.2, -0.15) is 0 Å². The van der Waals surface area contributed by atoms with Crippen LogP contribution in [0, 0.1) is 5.92 Å². The number of nitrogens with one attached hydrogen (secondary N) is 1. The van der Waals surface area contributed by atoms with Gasteiger partial charge in [0.2, 0.25) is 0 Å². The van der Waals surface area contributed by atoms with E-state index in [-0.39, 0.29) is 5.41 Å². The number of rotatable bonds is 5. The molecule has 1 aliphatic heterocycles. The van der Waals surface area contributed by atoms with E-state index in [1.54, 1.807) is 0 Å². The van der Waals surface area contributed by atoms with E-state index in [0.717, 1.165) is 26.2 Å². The van der Waals surface area contributed by atoms with Crippen molar-refractivity contribution >= 4 is 0 Å². The minimum atomic E-state index is 0.233. The van der Waals surface area contributed by atoms with Crippen LogP contribution in [0.1, 0.15) is 51.7 Å². The molecule has 2 unspecified atom stereocenters. The molecule has 2 nitrogen and oxygen atoms in total. The van der Waals surface area contributed by atoms with Crippen LogP contribution >= 0.6 is 0 Å². The maximum Gasteiger partial charge on any atom is 0.0509 e. The Kier molecular flexibility index (Phi) is 5.83. The summed E-state index contributed by atoms with van der Waals surface area (Å²) in [6.45, 7) is 11.9. The molecule has 2 heteroatoms. The fourth-order valence-corrected chi connectivity index (χ4v) is 3.15. The third-order valence-electron chi connectivity index (χ3n) is 4.51. The van der Waals surface area contributed by atoms with E-state index in [0.29, 0.717) is 12.0 Å². The highest BCUT2D eigenvalue weighted by Crippen LogP contribution is 2.24. The van der Waals surface area contributed by atoms with Crippen molar-refractivity contribution in [2.24, 2.45) is 5.92 Å². The van der Waals surface area contributed by atoms with Gasteiger partial charge in [0.15, 0.2) is 0 Å². The Morgan fingerprint density at radius 1 is 1.24 bits per heavy atom. The zero-order valence-electron chi connectivity index (χ0n) is 14.1. The van der Waals surface area contributed by atoms with Crippen LogP contribution in [0.25, 0.3) is 0 Å². The molecular formula is C19H31NO. The molecule has 0 saturated carbocycles. The second-order valence-corrected chi connectivity index (χ2v) is 7.29. The molecule has 2 rings (SSSR count). The monoisotopic (exact) mass is 289 g/mol. The van der Waals surface area contributed by atoms with Gasteiger partial charge in [-0.05, 0) is 48.3 Å². The lowest BCUT2D eigenvalue weighted by Crippen LogP contribution is -2.41. The Morgan fingerprint density at radius 2 is 1.95 bits per heavy atom. The molecular weight excluding hydrogens is 258 g/mol. The first-order valence-electron chi connectivity index (χ1n) is 8.41. The van der Waals surface area contributed by atoms with Gasteiger partial charge >= 0.3 is 0 Å². The van der Waals surface area contributed by atoms with E-state index in [9.17, 15) is 0 Å². The van der Waals surface area contributed by atoms with Gasteiger partial charge in [0.25, 0.3) is 0 Å². The molecule has 1 heterocycles. The Hall–Kier alpha value is -0.860. The number of hydrogen-bond acceptors (Lipinski definition) is 2. The third kappa shape index (κ3) is 4.82. The van der Waals surface area contributed by atoms with Crippen LogP contribution in [0.5, 0.6) is 0 Å². The zero-order chi connectivity index (χ0) is 15.3. The molecule has 2 atom stereocenters. The molecule has 118 valence electrons. The first-order chi connectivity index (χ1) is 10.0. The maximum absolute atomic E-state index is 5.67. The summed E-state index contributed by atoms with van der Waals surface area (Å²) in [6, 6.07) is 9.71. The molecule has 0 aromatic heterocycles. The Bertz CT molecular complexity index is 412. The quantitative estimate of drug-likeness (QED) is 0.886. The van der Waals surface area contributed by atoms with Crippen molar-refractivity contribution in [2.75, 3.05) is 19.8 Å². The van der Waals surface area contributed by atoms with Crippen molar-refractivity contribution in [1.29, 1.82) is 0 Å². The van der Waals surface area contributed by atoms with Gasteiger partial charge in [-0.1, -0.05) is 52.0 Å². The van der Waals surface area contributed by atoms with Gasteiger partial charge in [-0.3, -0.25) is 0 Å². The van der Waals surface area contributed by atoms with Crippen molar-refractivity contribution in [1.82, 2.24) is 5.32 Å². The van der Waals surface area contributed by atoms with Crippen LogP contribution < -0.4 is 5.32 Å². The summed E-state index contributed by atoms with van der Waals surface area (Å²) in [5, 5.41) is 3.67. The Morgan fingerprint density at radius 3 is 2.48 bits per heavy atom. The van der Waals surface area contributed by atoms with Gasteiger partial charge < -0.3 is 10.1 Å². The highest BCUT2D eigenvalue weighted by Gasteiger charge is 2.24. The smallest absolute Gasteiger partial charge is 0.0509 e. The first kappa shape index (κ1) is 16.5. The van der Waals surface area contributed by atoms with Crippen molar-refractivity contribution in [3.05, 3.63) is 35.4 Å². The summed E-state index contributed by atoms with van der Waals surface area (Å²) in [5.41, 5.74) is 3.07. The highest BCUT2D eigenvalue weighted by atomic mass is 16.5. The predicted molar refractivity (Wildman–Crippen MR) is 89.9 cm³/mol. The molecule has 0 spiro atoms. The van der Waals surface area contributed by atoms with Crippen molar-refractivity contribution in [3.8, 4) is 0 Å². The lowest BCUT2D eigenvalue weighted by atomic mass is 9.85. The number of hydrogen-bond donors (Lipinski definition) is 1. The lowest BCUT2D eigenvalue weighted by Gasteiger charge is -2.31. The summed E-state index contributed by atoms with van der Waals surface area (Å²) >= 11 is 0. The minimum Gasteiger partial charge on any atom is -0.381 e. The number of ether oxygens (including phenoxy) is 1. The van der Waals surface area contributed by atoms with E-state index in [4.69, 9.17) is 4.74 Å². The molecule has 1 aromatic rings. The van der Waals surface area contributed by atoms with Crippen molar-refractivity contribution < 1.29 is 4.74 Å². The molecule has 1 N–H and O–H groups in total. The molecule has 0 aliphatic carbocycles. The second-order valence-electron chi connectivity index (χ2n) is 7.29. The topological polar surface area (TPSA) is 21.3 Å². The molecule has 0 bridgehead atoms. The fourth-order valence-electron chi connectivity index (χ4n) is 3.15. The van der Waals surface area contributed by atoms with E-state index >= 15 is 0 Å². The average Bonchev–Trinajstić information content (AvgIpc) is 2.47. The Labute approximate surface area is 130 Å². The fraction of sp³-hybridized carbons (Fsp3) is 0.684.